The van der Waals surface area contributed by atoms with Gasteiger partial charge in [-0.05, 0) is 43.7 Å². The number of phenols is 1. The molecule has 2 rings (SSSR count). The van der Waals surface area contributed by atoms with Gasteiger partial charge in [-0.1, -0.05) is 36.8 Å². The van der Waals surface area contributed by atoms with Crippen LogP contribution in [0.25, 0.3) is 0 Å². The van der Waals surface area contributed by atoms with Gasteiger partial charge in [0.1, 0.15) is 18.1 Å². The zero-order valence-electron chi connectivity index (χ0n) is 12.7. The molecule has 0 bridgehead atoms. The van der Waals surface area contributed by atoms with Crippen LogP contribution in [0.4, 0.5) is 0 Å². The number of nitrogens with one attached hydrogen (secondary N) is 1. The standard InChI is InChI=1S/C18H23NO2/c1-3-10-19-12-16-11-14(2)4-9-18(16)21-13-15-5-7-17(20)8-6-15/h4-9,11,19-20H,3,10,12-13H2,1-2H3. The molecule has 0 aliphatic rings. The first-order valence-corrected chi connectivity index (χ1v) is 7.40. The number of hydrogen-bond acceptors (Lipinski definition) is 3. The van der Waals surface area contributed by atoms with Crippen molar-refractivity contribution in [1.29, 1.82) is 0 Å². The summed E-state index contributed by atoms with van der Waals surface area (Å²) in [4.78, 5) is 0. The Bertz CT molecular complexity index is 564. The predicted molar refractivity (Wildman–Crippen MR) is 85.6 cm³/mol. The van der Waals surface area contributed by atoms with Gasteiger partial charge in [-0.15, -0.1) is 0 Å². The van der Waals surface area contributed by atoms with Gasteiger partial charge < -0.3 is 15.2 Å². The molecule has 0 amide bonds. The Morgan fingerprint density at radius 1 is 1.10 bits per heavy atom. The Morgan fingerprint density at radius 3 is 2.57 bits per heavy atom. The van der Waals surface area contributed by atoms with Crippen LogP contribution in [0, 0.1) is 6.92 Å². The molecule has 112 valence electrons. The lowest BCUT2D eigenvalue weighted by Gasteiger charge is -2.13. The second kappa shape index (κ2) is 7.70. The minimum absolute atomic E-state index is 0.276. The van der Waals surface area contributed by atoms with Crippen LogP contribution in [0.3, 0.4) is 0 Å². The Hall–Kier alpha value is -2.00. The van der Waals surface area contributed by atoms with Crippen LogP contribution in [-0.4, -0.2) is 11.7 Å². The van der Waals surface area contributed by atoms with E-state index in [1.54, 1.807) is 12.1 Å². The maximum absolute atomic E-state index is 9.29. The highest BCUT2D eigenvalue weighted by atomic mass is 16.5. The Balaban J connectivity index is 2.02. The molecule has 0 radical (unpaired) electrons. The monoisotopic (exact) mass is 285 g/mol. The summed E-state index contributed by atoms with van der Waals surface area (Å²) < 4.78 is 5.93. The third kappa shape index (κ3) is 4.80. The molecule has 0 fully saturated rings. The quantitative estimate of drug-likeness (QED) is 0.761. The summed E-state index contributed by atoms with van der Waals surface area (Å²) >= 11 is 0. The van der Waals surface area contributed by atoms with E-state index in [-0.39, 0.29) is 5.75 Å². The average molecular weight is 285 g/mol. The Morgan fingerprint density at radius 2 is 1.86 bits per heavy atom. The molecule has 0 atom stereocenters. The van der Waals surface area contributed by atoms with Crippen molar-refractivity contribution in [2.75, 3.05) is 6.54 Å². The van der Waals surface area contributed by atoms with Crippen LogP contribution in [0.5, 0.6) is 11.5 Å². The summed E-state index contributed by atoms with van der Waals surface area (Å²) in [6, 6.07) is 13.4. The molecule has 2 aromatic carbocycles. The van der Waals surface area contributed by atoms with E-state index in [0.29, 0.717) is 6.61 Å². The number of aromatic hydroxyl groups is 1. The Labute approximate surface area is 126 Å². The summed E-state index contributed by atoms with van der Waals surface area (Å²) in [5.41, 5.74) is 3.46. The van der Waals surface area contributed by atoms with Crippen molar-refractivity contribution in [2.45, 2.75) is 33.4 Å². The topological polar surface area (TPSA) is 41.5 Å². The molecule has 2 N–H and O–H groups in total. The van der Waals surface area contributed by atoms with E-state index >= 15 is 0 Å². The van der Waals surface area contributed by atoms with E-state index in [1.165, 1.54) is 11.1 Å². The van der Waals surface area contributed by atoms with Crippen molar-refractivity contribution < 1.29 is 9.84 Å². The van der Waals surface area contributed by atoms with Crippen LogP contribution >= 0.6 is 0 Å². The van der Waals surface area contributed by atoms with E-state index < -0.39 is 0 Å². The fourth-order valence-electron chi connectivity index (χ4n) is 2.14. The predicted octanol–water partition coefficient (Wildman–Crippen LogP) is 3.78. The molecule has 0 heterocycles. The molecule has 21 heavy (non-hydrogen) atoms. The SMILES string of the molecule is CCCNCc1cc(C)ccc1OCc1ccc(O)cc1. The molecule has 2 aromatic rings. The lowest BCUT2D eigenvalue weighted by atomic mass is 10.1. The van der Waals surface area contributed by atoms with E-state index in [0.717, 1.165) is 30.8 Å². The van der Waals surface area contributed by atoms with Crippen molar-refractivity contribution >= 4 is 0 Å². The van der Waals surface area contributed by atoms with E-state index in [1.807, 2.05) is 18.2 Å². The van der Waals surface area contributed by atoms with Crippen molar-refractivity contribution in [1.82, 2.24) is 5.32 Å². The molecule has 3 heteroatoms. The van der Waals surface area contributed by atoms with Crippen molar-refractivity contribution in [3.05, 3.63) is 59.2 Å². The van der Waals surface area contributed by atoms with Crippen LogP contribution in [0.1, 0.15) is 30.0 Å². The van der Waals surface area contributed by atoms with Gasteiger partial charge in [-0.3, -0.25) is 0 Å². The number of phenolic OH excluding ortho intramolecular Hbond substituents is 1. The highest BCUT2D eigenvalue weighted by molar-refractivity contribution is 5.37. The van der Waals surface area contributed by atoms with Gasteiger partial charge in [-0.2, -0.15) is 0 Å². The number of rotatable bonds is 7. The smallest absolute Gasteiger partial charge is 0.124 e. The minimum Gasteiger partial charge on any atom is -0.508 e. The largest absolute Gasteiger partial charge is 0.508 e. The van der Waals surface area contributed by atoms with Gasteiger partial charge in [-0.25, -0.2) is 0 Å². The number of aryl methyl sites for hydroxylation is 1. The summed E-state index contributed by atoms with van der Waals surface area (Å²) in [5, 5.41) is 12.7. The summed E-state index contributed by atoms with van der Waals surface area (Å²) in [6.07, 6.45) is 1.12. The molecule has 0 saturated heterocycles. The minimum atomic E-state index is 0.276. The molecule has 0 unspecified atom stereocenters. The molecule has 3 nitrogen and oxygen atoms in total. The maximum atomic E-state index is 9.29. The molecule has 0 aliphatic carbocycles. The first-order valence-electron chi connectivity index (χ1n) is 7.40. The lowest BCUT2D eigenvalue weighted by Crippen LogP contribution is -2.14. The molecule has 0 spiro atoms. The number of benzene rings is 2. The summed E-state index contributed by atoms with van der Waals surface area (Å²) in [6.45, 7) is 6.58. The third-order valence-electron chi connectivity index (χ3n) is 3.29. The Kier molecular flexibility index (Phi) is 5.64. The molecular formula is C18H23NO2. The fourth-order valence-corrected chi connectivity index (χ4v) is 2.14. The maximum Gasteiger partial charge on any atom is 0.124 e. The second-order valence-corrected chi connectivity index (χ2v) is 5.24. The average Bonchev–Trinajstić information content (AvgIpc) is 2.48. The van der Waals surface area contributed by atoms with Gasteiger partial charge in [0.2, 0.25) is 0 Å². The van der Waals surface area contributed by atoms with E-state index in [2.05, 4.69) is 31.3 Å². The fraction of sp³-hybridized carbons (Fsp3) is 0.333. The van der Waals surface area contributed by atoms with Crippen molar-refractivity contribution in [3.63, 3.8) is 0 Å². The molecule has 0 aromatic heterocycles. The molecular weight excluding hydrogens is 262 g/mol. The van der Waals surface area contributed by atoms with Crippen molar-refractivity contribution in [3.8, 4) is 11.5 Å². The van der Waals surface area contributed by atoms with E-state index in [9.17, 15) is 5.11 Å². The van der Waals surface area contributed by atoms with Gasteiger partial charge in [0.25, 0.3) is 0 Å². The van der Waals surface area contributed by atoms with Crippen molar-refractivity contribution in [2.24, 2.45) is 0 Å². The van der Waals surface area contributed by atoms with Gasteiger partial charge in [0, 0.05) is 12.1 Å². The van der Waals surface area contributed by atoms with E-state index in [4.69, 9.17) is 4.74 Å². The summed E-state index contributed by atoms with van der Waals surface area (Å²) in [7, 11) is 0. The summed E-state index contributed by atoms with van der Waals surface area (Å²) in [5.74, 6) is 1.19. The highest BCUT2D eigenvalue weighted by Gasteiger charge is 2.04. The molecule has 0 saturated carbocycles. The normalized spacial score (nSPS) is 10.6. The number of hydrogen-bond donors (Lipinski definition) is 2. The molecule has 0 aliphatic heterocycles. The lowest BCUT2D eigenvalue weighted by molar-refractivity contribution is 0.302. The highest BCUT2D eigenvalue weighted by Crippen LogP contribution is 2.21. The van der Waals surface area contributed by atoms with Crippen LogP contribution in [0.2, 0.25) is 0 Å². The van der Waals surface area contributed by atoms with Crippen LogP contribution in [0.15, 0.2) is 42.5 Å². The zero-order chi connectivity index (χ0) is 15.1. The van der Waals surface area contributed by atoms with Gasteiger partial charge >= 0.3 is 0 Å². The second-order valence-electron chi connectivity index (χ2n) is 5.24. The first-order chi connectivity index (χ1) is 10.2. The first kappa shape index (κ1) is 15.4. The zero-order valence-corrected chi connectivity index (χ0v) is 12.7. The van der Waals surface area contributed by atoms with Gasteiger partial charge in [0.05, 0.1) is 0 Å². The third-order valence-corrected chi connectivity index (χ3v) is 3.29. The van der Waals surface area contributed by atoms with Gasteiger partial charge in [0.15, 0.2) is 0 Å². The van der Waals surface area contributed by atoms with Crippen LogP contribution in [-0.2, 0) is 13.2 Å². The van der Waals surface area contributed by atoms with Crippen LogP contribution < -0.4 is 10.1 Å². The number of ether oxygens (including phenoxy) is 1.